The molecular weight excluding hydrogens is 211 g/mol. The van der Waals surface area contributed by atoms with E-state index in [1.54, 1.807) is 6.07 Å². The monoisotopic (exact) mass is 220 g/mol. The van der Waals surface area contributed by atoms with Gasteiger partial charge in [-0.1, -0.05) is 6.07 Å². The number of benzene rings is 1. The number of urea groups is 1. The molecule has 0 aromatic heterocycles. The van der Waals surface area contributed by atoms with Gasteiger partial charge in [0.1, 0.15) is 11.4 Å². The molecule has 1 aromatic carbocycles. The van der Waals surface area contributed by atoms with Gasteiger partial charge in [-0.2, -0.15) is 0 Å². The number of halogens is 1. The fourth-order valence-electron chi connectivity index (χ4n) is 2.50. The summed E-state index contributed by atoms with van der Waals surface area (Å²) < 4.78 is 13.0. The highest BCUT2D eigenvalue weighted by Gasteiger charge is 2.51. The third kappa shape index (κ3) is 1.02. The van der Waals surface area contributed by atoms with Gasteiger partial charge < -0.3 is 5.32 Å². The van der Waals surface area contributed by atoms with Crippen molar-refractivity contribution < 1.29 is 14.0 Å². The number of carbonyl (C=O) groups excluding carboxylic acids is 2. The number of fused-ring (bicyclic) bond motifs is 2. The van der Waals surface area contributed by atoms with Crippen LogP contribution in [0.25, 0.3) is 0 Å². The molecule has 0 radical (unpaired) electrons. The maximum atomic E-state index is 13.0. The van der Waals surface area contributed by atoms with Gasteiger partial charge in [0.05, 0.1) is 0 Å². The fraction of sp³-hybridized carbons (Fsp3) is 0.273. The first kappa shape index (κ1) is 9.33. The average molecular weight is 220 g/mol. The number of nitrogens with one attached hydrogen (secondary N) is 2. The Morgan fingerprint density at radius 3 is 2.81 bits per heavy atom. The Morgan fingerprint density at radius 2 is 2.12 bits per heavy atom. The Balaban J connectivity index is 2.15. The molecule has 1 aliphatic carbocycles. The highest BCUT2D eigenvalue weighted by atomic mass is 19.1. The van der Waals surface area contributed by atoms with Crippen LogP contribution in [-0.4, -0.2) is 11.9 Å². The van der Waals surface area contributed by atoms with E-state index in [9.17, 15) is 14.0 Å². The smallest absolute Gasteiger partial charge is 0.319 e. The van der Waals surface area contributed by atoms with Crippen LogP contribution in [0.1, 0.15) is 17.5 Å². The number of amides is 3. The van der Waals surface area contributed by atoms with E-state index in [0.717, 1.165) is 5.56 Å². The van der Waals surface area contributed by atoms with Crippen LogP contribution < -0.4 is 10.6 Å². The second-order valence-corrected chi connectivity index (χ2v) is 4.12. The largest absolute Gasteiger partial charge is 0.322 e. The molecule has 16 heavy (non-hydrogen) atoms. The maximum absolute atomic E-state index is 13.0. The first-order valence-corrected chi connectivity index (χ1v) is 5.04. The number of hydrogen-bond acceptors (Lipinski definition) is 2. The van der Waals surface area contributed by atoms with Crippen molar-refractivity contribution in [1.82, 2.24) is 10.6 Å². The van der Waals surface area contributed by atoms with E-state index in [2.05, 4.69) is 10.6 Å². The number of carbonyl (C=O) groups is 2. The number of rotatable bonds is 0. The molecule has 82 valence electrons. The topological polar surface area (TPSA) is 58.2 Å². The van der Waals surface area contributed by atoms with E-state index in [0.29, 0.717) is 18.4 Å². The molecule has 2 aliphatic rings. The van der Waals surface area contributed by atoms with Crippen LogP contribution in [0.3, 0.4) is 0 Å². The lowest BCUT2D eigenvalue weighted by molar-refractivity contribution is -0.124. The molecule has 3 amide bonds. The lowest BCUT2D eigenvalue weighted by Gasteiger charge is -2.20. The SMILES string of the molecule is O=C1NC(=O)[C@@]2(CCc3cc(F)ccc32)N1. The average Bonchev–Trinajstić information content (AvgIpc) is 2.70. The first-order valence-electron chi connectivity index (χ1n) is 5.04. The van der Waals surface area contributed by atoms with E-state index >= 15 is 0 Å². The van der Waals surface area contributed by atoms with Gasteiger partial charge in [0.15, 0.2) is 0 Å². The van der Waals surface area contributed by atoms with Gasteiger partial charge in [0.2, 0.25) is 0 Å². The van der Waals surface area contributed by atoms with E-state index in [1.165, 1.54) is 12.1 Å². The predicted molar refractivity (Wildman–Crippen MR) is 53.1 cm³/mol. The molecule has 0 bridgehead atoms. The van der Waals surface area contributed by atoms with Crippen molar-refractivity contribution in [2.24, 2.45) is 0 Å². The molecular formula is C11H9FN2O2. The molecule has 2 N–H and O–H groups in total. The molecule has 4 nitrogen and oxygen atoms in total. The van der Waals surface area contributed by atoms with Gasteiger partial charge in [0.25, 0.3) is 5.91 Å². The summed E-state index contributed by atoms with van der Waals surface area (Å²) in [6.45, 7) is 0. The van der Waals surface area contributed by atoms with Crippen LogP contribution in [-0.2, 0) is 16.8 Å². The van der Waals surface area contributed by atoms with Gasteiger partial charge in [-0.3, -0.25) is 10.1 Å². The zero-order valence-corrected chi connectivity index (χ0v) is 8.34. The summed E-state index contributed by atoms with van der Waals surface area (Å²) in [4.78, 5) is 22.9. The zero-order valence-electron chi connectivity index (χ0n) is 8.34. The summed E-state index contributed by atoms with van der Waals surface area (Å²) in [6, 6.07) is 3.82. The van der Waals surface area contributed by atoms with E-state index in [1.807, 2.05) is 0 Å². The molecule has 1 atom stereocenters. The summed E-state index contributed by atoms with van der Waals surface area (Å²) in [6.07, 6.45) is 1.09. The standard InChI is InChI=1S/C11H9FN2O2/c12-7-1-2-8-6(5-7)3-4-11(8)9(15)13-10(16)14-11/h1-2,5H,3-4H2,(H2,13,14,15,16)/t11-/m0/s1. The maximum Gasteiger partial charge on any atom is 0.322 e. The molecule has 0 saturated carbocycles. The minimum atomic E-state index is -0.972. The lowest BCUT2D eigenvalue weighted by atomic mass is 9.92. The quantitative estimate of drug-likeness (QED) is 0.635. The minimum absolute atomic E-state index is 0.319. The Morgan fingerprint density at radius 1 is 1.31 bits per heavy atom. The molecule has 1 aromatic rings. The third-order valence-electron chi connectivity index (χ3n) is 3.24. The zero-order chi connectivity index (χ0) is 11.3. The highest BCUT2D eigenvalue weighted by Crippen LogP contribution is 2.39. The van der Waals surface area contributed by atoms with E-state index < -0.39 is 11.6 Å². The van der Waals surface area contributed by atoms with E-state index in [-0.39, 0.29) is 11.7 Å². The van der Waals surface area contributed by atoms with Crippen LogP contribution in [0.2, 0.25) is 0 Å². The molecule has 0 unspecified atom stereocenters. The lowest BCUT2D eigenvalue weighted by Crippen LogP contribution is -2.41. The Bertz CT molecular complexity index is 515. The number of imide groups is 1. The molecule has 1 saturated heterocycles. The second-order valence-electron chi connectivity index (χ2n) is 4.12. The second kappa shape index (κ2) is 2.81. The number of aryl methyl sites for hydroxylation is 1. The Labute approximate surface area is 90.8 Å². The van der Waals surface area contributed by atoms with Crippen LogP contribution in [0.4, 0.5) is 9.18 Å². The summed E-state index contributed by atoms with van der Waals surface area (Å²) in [7, 11) is 0. The van der Waals surface area contributed by atoms with Crippen LogP contribution in [0.15, 0.2) is 18.2 Å². The molecule has 5 heteroatoms. The molecule has 1 fully saturated rings. The summed E-state index contributed by atoms with van der Waals surface area (Å²) >= 11 is 0. The molecule has 1 aliphatic heterocycles. The number of hydrogen-bond donors (Lipinski definition) is 2. The van der Waals surface area contributed by atoms with Crippen LogP contribution >= 0.6 is 0 Å². The van der Waals surface area contributed by atoms with Gasteiger partial charge in [-0.15, -0.1) is 0 Å². The van der Waals surface area contributed by atoms with Crippen LogP contribution in [0, 0.1) is 5.82 Å². The predicted octanol–water partition coefficient (Wildman–Crippen LogP) is 0.807. The van der Waals surface area contributed by atoms with Crippen molar-refractivity contribution in [2.45, 2.75) is 18.4 Å². The Hall–Kier alpha value is -1.91. The van der Waals surface area contributed by atoms with Crippen molar-refractivity contribution >= 4 is 11.9 Å². The van der Waals surface area contributed by atoms with Gasteiger partial charge >= 0.3 is 6.03 Å². The van der Waals surface area contributed by atoms with Crippen molar-refractivity contribution in [3.05, 3.63) is 35.1 Å². The summed E-state index contributed by atoms with van der Waals surface area (Å²) in [5, 5.41) is 4.85. The van der Waals surface area contributed by atoms with Crippen LogP contribution in [0.5, 0.6) is 0 Å². The molecule has 1 heterocycles. The first-order chi connectivity index (χ1) is 7.62. The summed E-state index contributed by atoms with van der Waals surface area (Å²) in [5.41, 5.74) is 0.523. The fourth-order valence-corrected chi connectivity index (χ4v) is 2.50. The highest BCUT2D eigenvalue weighted by molar-refractivity contribution is 6.08. The molecule has 1 spiro atoms. The normalized spacial score (nSPS) is 26.8. The van der Waals surface area contributed by atoms with Crippen molar-refractivity contribution in [1.29, 1.82) is 0 Å². The molecule has 3 rings (SSSR count). The van der Waals surface area contributed by atoms with Crippen molar-refractivity contribution in [3.8, 4) is 0 Å². The van der Waals surface area contributed by atoms with Crippen molar-refractivity contribution in [3.63, 3.8) is 0 Å². The third-order valence-corrected chi connectivity index (χ3v) is 3.24. The Kier molecular flexibility index (Phi) is 1.64. The van der Waals surface area contributed by atoms with Gasteiger partial charge in [0, 0.05) is 0 Å². The van der Waals surface area contributed by atoms with Crippen molar-refractivity contribution in [2.75, 3.05) is 0 Å². The van der Waals surface area contributed by atoms with Gasteiger partial charge in [-0.05, 0) is 36.1 Å². The summed E-state index contributed by atoms with van der Waals surface area (Å²) in [5.74, 6) is -0.664. The minimum Gasteiger partial charge on any atom is -0.319 e. The van der Waals surface area contributed by atoms with E-state index in [4.69, 9.17) is 0 Å². The van der Waals surface area contributed by atoms with Gasteiger partial charge in [-0.25, -0.2) is 9.18 Å².